The smallest absolute Gasteiger partial charge is 0.282 e. The molecule has 0 atom stereocenters. The minimum atomic E-state index is -0.714. The van der Waals surface area contributed by atoms with Crippen LogP contribution in [-0.4, -0.2) is 17.0 Å². The van der Waals surface area contributed by atoms with Gasteiger partial charge in [-0.25, -0.2) is 5.43 Å². The van der Waals surface area contributed by atoms with E-state index in [9.17, 15) is 20.2 Å². The van der Waals surface area contributed by atoms with Crippen LogP contribution in [0.4, 0.5) is 5.69 Å². The molecule has 0 unspecified atom stereocenters. The lowest BCUT2D eigenvalue weighted by Crippen LogP contribution is -2.19. The molecule has 2 aromatic carbocycles. The van der Waals surface area contributed by atoms with Crippen molar-refractivity contribution in [2.75, 3.05) is 0 Å². The molecule has 3 aromatic rings. The number of hydrogen-bond acceptors (Lipinski definition) is 6. The van der Waals surface area contributed by atoms with Crippen LogP contribution in [0, 0.1) is 21.4 Å². The van der Waals surface area contributed by atoms with E-state index in [0.29, 0.717) is 21.9 Å². The Bertz CT molecular complexity index is 1190. The highest BCUT2D eigenvalue weighted by Gasteiger charge is 2.11. The summed E-state index contributed by atoms with van der Waals surface area (Å²) in [7, 11) is 0. The molecule has 148 valence electrons. The van der Waals surface area contributed by atoms with Gasteiger partial charge in [0.1, 0.15) is 23.2 Å². The Morgan fingerprint density at radius 1 is 1.17 bits per heavy atom. The van der Waals surface area contributed by atoms with Crippen LogP contribution >= 0.6 is 11.6 Å². The van der Waals surface area contributed by atoms with E-state index in [4.69, 9.17) is 16.0 Å². The maximum atomic E-state index is 12.2. The molecular formula is C21H13ClN4O4. The number of rotatable bonds is 6. The molecule has 9 heteroatoms. The average Bonchev–Trinajstić information content (AvgIpc) is 3.22. The van der Waals surface area contributed by atoms with Crippen molar-refractivity contribution in [1.29, 1.82) is 5.26 Å². The fourth-order valence-corrected chi connectivity index (χ4v) is 2.61. The third-order valence-electron chi connectivity index (χ3n) is 3.92. The maximum Gasteiger partial charge on any atom is 0.282 e. The van der Waals surface area contributed by atoms with Crippen LogP contribution in [0.1, 0.15) is 11.3 Å². The molecule has 1 aromatic heterocycles. The molecule has 0 radical (unpaired) electrons. The first-order valence-electron chi connectivity index (χ1n) is 8.52. The summed E-state index contributed by atoms with van der Waals surface area (Å²) in [6.07, 6.45) is 2.64. The number of furan rings is 1. The third-order valence-corrected chi connectivity index (χ3v) is 4.26. The monoisotopic (exact) mass is 420 g/mol. The zero-order valence-corrected chi connectivity index (χ0v) is 16.0. The molecule has 1 N–H and O–H groups in total. The molecule has 0 fully saturated rings. The largest absolute Gasteiger partial charge is 0.457 e. The van der Waals surface area contributed by atoms with Gasteiger partial charge in [0.15, 0.2) is 0 Å². The van der Waals surface area contributed by atoms with E-state index in [0.717, 1.165) is 0 Å². The number of hydrazone groups is 1. The van der Waals surface area contributed by atoms with Gasteiger partial charge in [0.2, 0.25) is 0 Å². The van der Waals surface area contributed by atoms with Crippen molar-refractivity contribution in [2.45, 2.75) is 0 Å². The summed E-state index contributed by atoms with van der Waals surface area (Å²) < 4.78 is 5.61. The van der Waals surface area contributed by atoms with Gasteiger partial charge in [0.05, 0.1) is 11.1 Å². The van der Waals surface area contributed by atoms with Crippen LogP contribution in [0.5, 0.6) is 0 Å². The van der Waals surface area contributed by atoms with E-state index in [2.05, 4.69) is 10.5 Å². The lowest BCUT2D eigenvalue weighted by Gasteiger charge is -1.99. The van der Waals surface area contributed by atoms with Gasteiger partial charge in [-0.15, -0.1) is 0 Å². The molecular weight excluding hydrogens is 408 g/mol. The number of nitro groups is 1. The second kappa shape index (κ2) is 9.32. The van der Waals surface area contributed by atoms with E-state index < -0.39 is 10.8 Å². The molecule has 8 nitrogen and oxygen atoms in total. The fourth-order valence-electron chi connectivity index (χ4n) is 2.42. The number of carbonyl (C=O) groups excluding carboxylic acids is 1. The zero-order valence-electron chi connectivity index (χ0n) is 15.3. The molecule has 3 rings (SSSR count). The van der Waals surface area contributed by atoms with Gasteiger partial charge in [0, 0.05) is 34.4 Å². The summed E-state index contributed by atoms with van der Waals surface area (Å²) in [5, 5.41) is 24.3. The van der Waals surface area contributed by atoms with Gasteiger partial charge in [-0.1, -0.05) is 29.8 Å². The lowest BCUT2D eigenvalue weighted by molar-refractivity contribution is -0.384. The topological polar surface area (TPSA) is 122 Å². The number of nitro benzene ring substituents is 1. The number of benzene rings is 2. The highest BCUT2D eigenvalue weighted by molar-refractivity contribution is 6.33. The van der Waals surface area contributed by atoms with Crippen molar-refractivity contribution < 1.29 is 14.1 Å². The zero-order chi connectivity index (χ0) is 21.5. The van der Waals surface area contributed by atoms with Crippen molar-refractivity contribution in [3.8, 4) is 17.4 Å². The number of nitrogens with zero attached hydrogens (tertiary/aromatic N) is 3. The molecule has 0 aliphatic rings. The average molecular weight is 421 g/mol. The van der Waals surface area contributed by atoms with E-state index >= 15 is 0 Å². The van der Waals surface area contributed by atoms with Crippen molar-refractivity contribution >= 4 is 35.5 Å². The molecule has 30 heavy (non-hydrogen) atoms. The predicted octanol–water partition coefficient (Wildman–Crippen LogP) is 4.57. The van der Waals surface area contributed by atoms with Crippen LogP contribution in [0.3, 0.4) is 0 Å². The number of non-ortho nitro benzene ring substituents is 1. The fraction of sp³-hybridized carbons (Fsp3) is 0. The highest BCUT2D eigenvalue weighted by Crippen LogP contribution is 2.25. The predicted molar refractivity (Wildman–Crippen MR) is 112 cm³/mol. The number of nitriles is 1. The van der Waals surface area contributed by atoms with Crippen LogP contribution in [0.25, 0.3) is 17.4 Å². The number of halogens is 1. The van der Waals surface area contributed by atoms with Gasteiger partial charge >= 0.3 is 0 Å². The second-order valence-electron chi connectivity index (χ2n) is 5.90. The van der Waals surface area contributed by atoms with Crippen molar-refractivity contribution in [3.05, 3.63) is 92.7 Å². The van der Waals surface area contributed by atoms with Gasteiger partial charge in [-0.05, 0) is 30.3 Å². The molecule has 0 aliphatic heterocycles. The highest BCUT2D eigenvalue weighted by atomic mass is 35.5. The van der Waals surface area contributed by atoms with Gasteiger partial charge in [-0.3, -0.25) is 14.9 Å². The van der Waals surface area contributed by atoms with Gasteiger partial charge in [-0.2, -0.15) is 10.4 Å². The second-order valence-corrected chi connectivity index (χ2v) is 6.30. The van der Waals surface area contributed by atoms with E-state index in [1.807, 2.05) is 0 Å². The van der Waals surface area contributed by atoms with Crippen LogP contribution in [0.2, 0.25) is 5.02 Å². The Morgan fingerprint density at radius 3 is 2.57 bits per heavy atom. The van der Waals surface area contributed by atoms with Gasteiger partial charge < -0.3 is 4.42 Å². The Morgan fingerprint density at radius 2 is 1.90 bits per heavy atom. The third kappa shape index (κ3) is 4.98. The Hall–Kier alpha value is -4.22. The summed E-state index contributed by atoms with van der Waals surface area (Å²) in [5.74, 6) is -0.00943. The van der Waals surface area contributed by atoms with Gasteiger partial charge in [0.25, 0.3) is 11.6 Å². The molecule has 0 aliphatic carbocycles. The van der Waals surface area contributed by atoms with Crippen molar-refractivity contribution in [3.63, 3.8) is 0 Å². The number of carbonyl (C=O) groups is 1. The summed E-state index contributed by atoms with van der Waals surface area (Å²) in [4.78, 5) is 22.4. The SMILES string of the molecule is N#C/C(=C\c1ccc(-c2ccc([N+](=O)[O-])cc2)o1)C(=O)N/N=C\c1ccccc1Cl. The Balaban J connectivity index is 1.71. The molecule has 0 saturated heterocycles. The number of amides is 1. The quantitative estimate of drug-likeness (QED) is 0.206. The number of nitrogens with one attached hydrogen (secondary N) is 1. The van der Waals surface area contributed by atoms with Crippen LogP contribution < -0.4 is 5.43 Å². The number of hydrogen-bond donors (Lipinski definition) is 1. The minimum absolute atomic E-state index is 0.0359. The first-order valence-corrected chi connectivity index (χ1v) is 8.90. The standard InChI is InChI=1S/C21H13ClN4O4/c22-19-4-2-1-3-15(19)13-24-25-21(27)16(12-23)11-18-9-10-20(30-18)14-5-7-17(8-6-14)26(28)29/h1-11,13H,(H,25,27)/b16-11+,24-13-. The molecule has 0 bridgehead atoms. The molecule has 1 heterocycles. The lowest BCUT2D eigenvalue weighted by atomic mass is 10.1. The summed E-state index contributed by atoms with van der Waals surface area (Å²) in [6.45, 7) is 0. The minimum Gasteiger partial charge on any atom is -0.457 e. The maximum absolute atomic E-state index is 12.2. The van der Waals surface area contributed by atoms with Crippen molar-refractivity contribution in [1.82, 2.24) is 5.43 Å². The summed E-state index contributed by atoms with van der Waals surface area (Å²) in [6, 6.07) is 17.8. The summed E-state index contributed by atoms with van der Waals surface area (Å²) >= 11 is 6.00. The molecule has 1 amide bonds. The Kier molecular flexibility index (Phi) is 6.37. The molecule has 0 saturated carbocycles. The van der Waals surface area contributed by atoms with Crippen LogP contribution in [0.15, 0.2) is 75.8 Å². The normalized spacial score (nSPS) is 11.3. The first-order chi connectivity index (χ1) is 14.5. The van der Waals surface area contributed by atoms with E-state index in [1.165, 1.54) is 24.4 Å². The van der Waals surface area contributed by atoms with E-state index in [-0.39, 0.29) is 17.0 Å². The Labute approximate surface area is 175 Å². The molecule has 0 spiro atoms. The van der Waals surface area contributed by atoms with Crippen LogP contribution in [-0.2, 0) is 4.79 Å². The van der Waals surface area contributed by atoms with Crippen molar-refractivity contribution in [2.24, 2.45) is 5.10 Å². The summed E-state index contributed by atoms with van der Waals surface area (Å²) in [5.41, 5.74) is 3.24. The van der Waals surface area contributed by atoms with E-state index in [1.54, 1.807) is 54.6 Å². The first kappa shape index (κ1) is 20.5.